The van der Waals surface area contributed by atoms with Gasteiger partial charge in [-0.2, -0.15) is 16.5 Å². The first kappa shape index (κ1) is 21.8. The molecule has 0 saturated heterocycles. The van der Waals surface area contributed by atoms with Crippen LogP contribution < -0.4 is 19.5 Å². The predicted molar refractivity (Wildman–Crippen MR) is 115 cm³/mol. The molecule has 7 nitrogen and oxygen atoms in total. The molecule has 1 atom stereocenters. The van der Waals surface area contributed by atoms with Gasteiger partial charge in [-0.05, 0) is 54.8 Å². The van der Waals surface area contributed by atoms with Crippen molar-refractivity contribution < 1.29 is 22.7 Å². The average molecular weight is 457 g/mol. The molecule has 0 radical (unpaired) electrons. The van der Waals surface area contributed by atoms with Crippen molar-refractivity contribution in [1.82, 2.24) is 4.72 Å². The molecule has 0 fully saturated rings. The number of anilines is 1. The van der Waals surface area contributed by atoms with Crippen LogP contribution in [0.3, 0.4) is 0 Å². The fraction of sp³-hybridized carbons (Fsp3) is 0.316. The van der Waals surface area contributed by atoms with E-state index in [9.17, 15) is 13.2 Å². The van der Waals surface area contributed by atoms with E-state index in [1.165, 1.54) is 36.0 Å². The molecule has 1 amide bonds. The minimum atomic E-state index is -3.88. The van der Waals surface area contributed by atoms with Crippen LogP contribution in [0.2, 0.25) is 5.02 Å². The van der Waals surface area contributed by atoms with Gasteiger partial charge in [0, 0.05) is 16.8 Å². The molecule has 2 aromatic rings. The highest BCUT2D eigenvalue weighted by atomic mass is 35.5. The smallest absolute Gasteiger partial charge is 0.242 e. The Morgan fingerprint density at radius 1 is 1.14 bits per heavy atom. The normalized spacial score (nSPS) is 14.3. The quantitative estimate of drug-likeness (QED) is 0.633. The number of amides is 1. The summed E-state index contributed by atoms with van der Waals surface area (Å²) in [5.74, 6) is 1.31. The average Bonchev–Trinajstić information content (AvgIpc) is 2.71. The highest BCUT2D eigenvalue weighted by Crippen LogP contribution is 2.32. The first-order valence-corrected chi connectivity index (χ1v) is 12.1. The van der Waals surface area contributed by atoms with Crippen molar-refractivity contribution in [3.05, 3.63) is 47.5 Å². The van der Waals surface area contributed by atoms with Crippen molar-refractivity contribution in [1.29, 1.82) is 0 Å². The molecule has 0 aliphatic carbocycles. The Morgan fingerprint density at radius 2 is 1.83 bits per heavy atom. The van der Waals surface area contributed by atoms with Gasteiger partial charge in [0.25, 0.3) is 0 Å². The van der Waals surface area contributed by atoms with Crippen molar-refractivity contribution >= 4 is 45.0 Å². The molecule has 3 rings (SSSR count). The molecule has 29 heavy (non-hydrogen) atoms. The van der Waals surface area contributed by atoms with Crippen LogP contribution in [-0.2, 0) is 14.8 Å². The van der Waals surface area contributed by atoms with Crippen LogP contribution in [0.1, 0.15) is 6.42 Å². The van der Waals surface area contributed by atoms with Crippen molar-refractivity contribution in [2.24, 2.45) is 0 Å². The van der Waals surface area contributed by atoms with Gasteiger partial charge in [0.15, 0.2) is 11.5 Å². The van der Waals surface area contributed by atoms with E-state index in [1.807, 2.05) is 6.26 Å². The summed E-state index contributed by atoms with van der Waals surface area (Å²) in [7, 11) is -3.88. The van der Waals surface area contributed by atoms with Crippen molar-refractivity contribution in [3.8, 4) is 11.5 Å². The van der Waals surface area contributed by atoms with E-state index in [1.54, 1.807) is 18.2 Å². The van der Waals surface area contributed by atoms with Crippen LogP contribution >= 0.6 is 23.4 Å². The highest BCUT2D eigenvalue weighted by molar-refractivity contribution is 7.98. The summed E-state index contributed by atoms with van der Waals surface area (Å²) in [4.78, 5) is 12.9. The number of carbonyl (C=O) groups excluding carboxylic acids is 1. The maximum absolute atomic E-state index is 12.8. The molecule has 0 spiro atoms. The minimum absolute atomic E-state index is 0.0446. The molecular weight excluding hydrogens is 436 g/mol. The third-order valence-electron chi connectivity index (χ3n) is 4.16. The molecule has 10 heteroatoms. The van der Waals surface area contributed by atoms with E-state index in [2.05, 4.69) is 10.0 Å². The molecule has 156 valence electrons. The van der Waals surface area contributed by atoms with Gasteiger partial charge in [0.2, 0.25) is 15.9 Å². The monoisotopic (exact) mass is 456 g/mol. The molecule has 2 aromatic carbocycles. The van der Waals surface area contributed by atoms with Gasteiger partial charge in [-0.25, -0.2) is 8.42 Å². The number of fused-ring (bicyclic) bond motifs is 1. The van der Waals surface area contributed by atoms with Crippen LogP contribution in [0.25, 0.3) is 0 Å². The molecule has 1 aliphatic heterocycles. The van der Waals surface area contributed by atoms with E-state index < -0.39 is 22.0 Å². The number of nitrogens with one attached hydrogen (secondary N) is 2. The lowest BCUT2D eigenvalue weighted by Gasteiger charge is -2.21. The molecule has 0 unspecified atom stereocenters. The fourth-order valence-electron chi connectivity index (χ4n) is 2.70. The lowest BCUT2D eigenvalue weighted by molar-refractivity contribution is -0.117. The third kappa shape index (κ3) is 5.79. The topological polar surface area (TPSA) is 93.7 Å². The molecule has 0 saturated carbocycles. The summed E-state index contributed by atoms with van der Waals surface area (Å²) >= 11 is 7.35. The molecule has 1 aliphatic rings. The summed E-state index contributed by atoms with van der Waals surface area (Å²) in [6.07, 6.45) is 2.23. The zero-order valence-corrected chi connectivity index (χ0v) is 18.1. The van der Waals surface area contributed by atoms with Gasteiger partial charge in [-0.3, -0.25) is 4.79 Å². The Balaban J connectivity index is 1.75. The minimum Gasteiger partial charge on any atom is -0.486 e. The molecule has 0 bridgehead atoms. The number of ether oxygens (including phenoxy) is 2. The highest BCUT2D eigenvalue weighted by Gasteiger charge is 2.26. The van der Waals surface area contributed by atoms with E-state index in [4.69, 9.17) is 21.1 Å². The zero-order valence-electron chi connectivity index (χ0n) is 15.7. The summed E-state index contributed by atoms with van der Waals surface area (Å²) in [6.45, 7) is 0.906. The van der Waals surface area contributed by atoms with Gasteiger partial charge in [0.05, 0.1) is 4.90 Å². The molecule has 2 N–H and O–H groups in total. The summed E-state index contributed by atoms with van der Waals surface area (Å²) in [5.41, 5.74) is 0.499. The number of sulfonamides is 1. The Morgan fingerprint density at radius 3 is 2.52 bits per heavy atom. The second-order valence-electron chi connectivity index (χ2n) is 6.26. The maximum atomic E-state index is 12.8. The standard InChI is InChI=1S/C19H21ClN2O5S2/c1-28-11-8-16(22-29(24,25)15-5-2-13(20)3-6-15)19(23)21-14-4-7-17-18(12-14)27-10-9-26-17/h2-7,12,16,22H,8-11H2,1H3,(H,21,23)/t16-/m0/s1. The number of rotatable bonds is 8. The predicted octanol–water partition coefficient (Wildman–Crippen LogP) is 3.15. The SMILES string of the molecule is CSCC[C@H](NS(=O)(=O)c1ccc(Cl)cc1)C(=O)Nc1ccc2c(c1)OCCO2. The van der Waals surface area contributed by atoms with Crippen LogP contribution in [0.15, 0.2) is 47.4 Å². The summed E-state index contributed by atoms with van der Waals surface area (Å²) in [6, 6.07) is 9.89. The Bertz CT molecular complexity index is 967. The second kappa shape index (κ2) is 9.71. The molecular formula is C19H21ClN2O5S2. The van der Waals surface area contributed by atoms with Crippen molar-refractivity contribution in [3.63, 3.8) is 0 Å². The number of hydrogen-bond acceptors (Lipinski definition) is 6. The van der Waals surface area contributed by atoms with E-state index in [0.29, 0.717) is 47.6 Å². The van der Waals surface area contributed by atoms with Gasteiger partial charge in [-0.15, -0.1) is 0 Å². The zero-order chi connectivity index (χ0) is 20.9. The largest absolute Gasteiger partial charge is 0.486 e. The van der Waals surface area contributed by atoms with E-state index in [0.717, 1.165) is 0 Å². The second-order valence-corrected chi connectivity index (χ2v) is 9.39. The van der Waals surface area contributed by atoms with Crippen LogP contribution in [-0.4, -0.2) is 45.6 Å². The van der Waals surface area contributed by atoms with Crippen molar-refractivity contribution in [2.45, 2.75) is 17.4 Å². The number of hydrogen-bond donors (Lipinski definition) is 2. The third-order valence-corrected chi connectivity index (χ3v) is 6.54. The maximum Gasteiger partial charge on any atom is 0.242 e. The molecule has 0 aromatic heterocycles. The molecule has 1 heterocycles. The first-order valence-electron chi connectivity index (χ1n) is 8.86. The lowest BCUT2D eigenvalue weighted by Crippen LogP contribution is -2.44. The van der Waals surface area contributed by atoms with Gasteiger partial charge >= 0.3 is 0 Å². The lowest BCUT2D eigenvalue weighted by atomic mass is 10.2. The Hall–Kier alpha value is -1.94. The van der Waals surface area contributed by atoms with Crippen LogP contribution in [0, 0.1) is 0 Å². The number of thioether (sulfide) groups is 1. The Labute approximate surface area is 179 Å². The summed E-state index contributed by atoms with van der Waals surface area (Å²) in [5, 5.41) is 3.18. The number of carbonyl (C=O) groups is 1. The summed E-state index contributed by atoms with van der Waals surface area (Å²) < 4.78 is 38.9. The van der Waals surface area contributed by atoms with Gasteiger partial charge < -0.3 is 14.8 Å². The van der Waals surface area contributed by atoms with E-state index in [-0.39, 0.29) is 4.90 Å². The van der Waals surface area contributed by atoms with Gasteiger partial charge in [0.1, 0.15) is 19.3 Å². The fourth-order valence-corrected chi connectivity index (χ4v) is 4.53. The van der Waals surface area contributed by atoms with Crippen LogP contribution in [0.4, 0.5) is 5.69 Å². The number of halogens is 1. The number of benzene rings is 2. The van der Waals surface area contributed by atoms with Crippen LogP contribution in [0.5, 0.6) is 11.5 Å². The van der Waals surface area contributed by atoms with Gasteiger partial charge in [-0.1, -0.05) is 11.6 Å². The Kier molecular flexibility index (Phi) is 7.28. The first-order chi connectivity index (χ1) is 13.9. The van der Waals surface area contributed by atoms with E-state index >= 15 is 0 Å². The van der Waals surface area contributed by atoms with Crippen molar-refractivity contribution in [2.75, 3.05) is 30.5 Å².